The Hall–Kier alpha value is -2.50. The van der Waals surface area contributed by atoms with E-state index in [-0.39, 0.29) is 12.8 Å². The number of aryl methyl sites for hydroxylation is 1. The van der Waals surface area contributed by atoms with Crippen LogP contribution in [0.2, 0.25) is 0 Å². The summed E-state index contributed by atoms with van der Waals surface area (Å²) >= 11 is 0. The number of fused-ring (bicyclic) bond motifs is 2. The van der Waals surface area contributed by atoms with Crippen molar-refractivity contribution in [2.75, 3.05) is 7.11 Å². The number of aliphatic hydroxyl groups excluding tert-OH is 2. The van der Waals surface area contributed by atoms with E-state index in [0.29, 0.717) is 0 Å². The molecule has 30 heavy (non-hydrogen) atoms. The summed E-state index contributed by atoms with van der Waals surface area (Å²) in [4.78, 5) is 16.0. The number of aromatic nitrogens is 1. The number of benzene rings is 1. The molecule has 2 atom stereocenters. The fourth-order valence-electron chi connectivity index (χ4n) is 3.80. The van der Waals surface area contributed by atoms with E-state index in [4.69, 9.17) is 4.98 Å². The molecule has 1 aliphatic rings. The van der Waals surface area contributed by atoms with E-state index in [0.717, 1.165) is 29.8 Å². The normalized spacial score (nSPS) is 14.2. The SMILES string of the molecule is CC.COC(=O)CC(O)CC(O)/C=C/c1c(C)nc2c(c1C)Cc1ccccc1C2. The second kappa shape index (κ2) is 11.0. The Morgan fingerprint density at radius 2 is 1.80 bits per heavy atom. The molecule has 0 radical (unpaired) electrons. The van der Waals surface area contributed by atoms with Gasteiger partial charge >= 0.3 is 5.97 Å². The summed E-state index contributed by atoms with van der Waals surface area (Å²) in [6.45, 7) is 8.07. The Morgan fingerprint density at radius 3 is 2.43 bits per heavy atom. The molecule has 5 heteroatoms. The van der Waals surface area contributed by atoms with E-state index in [1.165, 1.54) is 29.4 Å². The molecule has 0 aliphatic heterocycles. The predicted molar refractivity (Wildman–Crippen MR) is 119 cm³/mol. The number of nitrogens with zero attached hydrogens (tertiary/aromatic N) is 1. The lowest BCUT2D eigenvalue weighted by molar-refractivity contribution is -0.143. The Morgan fingerprint density at radius 1 is 1.17 bits per heavy atom. The number of hydrogen-bond acceptors (Lipinski definition) is 5. The van der Waals surface area contributed by atoms with Crippen LogP contribution in [0.15, 0.2) is 30.3 Å². The first-order valence-electron chi connectivity index (χ1n) is 10.6. The largest absolute Gasteiger partial charge is 0.469 e. The Labute approximate surface area is 179 Å². The van der Waals surface area contributed by atoms with E-state index in [1.54, 1.807) is 6.08 Å². The standard InChI is InChI=1S/C23H27NO4.C2H6/c1-14-20(9-8-18(25)12-19(26)13-23(27)28-3)15(2)24-22-11-17-7-5-4-6-16(17)10-21(14)22;1-2/h4-9,18-19,25-26H,10-13H2,1-3H3;1-2H3/b9-8+;. The summed E-state index contributed by atoms with van der Waals surface area (Å²) in [6.07, 6.45) is 3.40. The number of esters is 1. The molecule has 0 spiro atoms. The average molecular weight is 412 g/mol. The first kappa shape index (κ1) is 23.8. The van der Waals surface area contributed by atoms with Crippen molar-refractivity contribution in [3.8, 4) is 0 Å². The summed E-state index contributed by atoms with van der Waals surface area (Å²) in [6, 6.07) is 8.46. The van der Waals surface area contributed by atoms with Crippen molar-refractivity contribution in [1.82, 2.24) is 4.98 Å². The summed E-state index contributed by atoms with van der Waals surface area (Å²) in [5, 5.41) is 20.1. The molecule has 0 amide bonds. The van der Waals surface area contributed by atoms with Crippen molar-refractivity contribution < 1.29 is 19.7 Å². The van der Waals surface area contributed by atoms with Gasteiger partial charge in [-0.15, -0.1) is 0 Å². The van der Waals surface area contributed by atoms with Crippen molar-refractivity contribution in [2.24, 2.45) is 0 Å². The molecular formula is C25H33NO4. The third-order valence-electron chi connectivity index (χ3n) is 5.37. The molecule has 1 heterocycles. The van der Waals surface area contributed by atoms with Crippen LogP contribution in [0.1, 0.15) is 65.9 Å². The van der Waals surface area contributed by atoms with Crippen LogP contribution in [0, 0.1) is 13.8 Å². The summed E-state index contributed by atoms with van der Waals surface area (Å²) in [5.74, 6) is -0.491. The maximum Gasteiger partial charge on any atom is 0.308 e. The van der Waals surface area contributed by atoms with Gasteiger partial charge in [0.05, 0.1) is 25.7 Å². The van der Waals surface area contributed by atoms with Gasteiger partial charge in [-0.2, -0.15) is 0 Å². The second-order valence-electron chi connectivity index (χ2n) is 7.38. The molecule has 2 N–H and O–H groups in total. The summed E-state index contributed by atoms with van der Waals surface area (Å²) < 4.78 is 4.53. The van der Waals surface area contributed by atoms with Gasteiger partial charge in [-0.05, 0) is 48.1 Å². The highest BCUT2D eigenvalue weighted by Gasteiger charge is 2.20. The molecular weight excluding hydrogens is 378 g/mol. The van der Waals surface area contributed by atoms with Crippen molar-refractivity contribution in [3.05, 3.63) is 69.5 Å². The number of aliphatic hydroxyl groups is 2. The molecule has 0 bridgehead atoms. The minimum Gasteiger partial charge on any atom is -0.469 e. The van der Waals surface area contributed by atoms with Gasteiger partial charge in [0.2, 0.25) is 0 Å². The van der Waals surface area contributed by atoms with Crippen LogP contribution in [0.5, 0.6) is 0 Å². The molecule has 2 aromatic rings. The summed E-state index contributed by atoms with van der Waals surface area (Å²) in [7, 11) is 1.28. The number of carbonyl (C=O) groups is 1. The van der Waals surface area contributed by atoms with Crippen molar-refractivity contribution in [1.29, 1.82) is 0 Å². The highest BCUT2D eigenvalue weighted by molar-refractivity contribution is 5.69. The lowest BCUT2D eigenvalue weighted by Crippen LogP contribution is -2.20. The monoisotopic (exact) mass is 411 g/mol. The van der Waals surface area contributed by atoms with Crippen molar-refractivity contribution >= 4 is 12.0 Å². The maximum atomic E-state index is 11.2. The van der Waals surface area contributed by atoms with Crippen LogP contribution in [0.4, 0.5) is 0 Å². The first-order chi connectivity index (χ1) is 14.4. The Balaban J connectivity index is 0.00000155. The van der Waals surface area contributed by atoms with Crippen LogP contribution in [0.3, 0.4) is 0 Å². The average Bonchev–Trinajstić information content (AvgIpc) is 2.73. The van der Waals surface area contributed by atoms with Crippen LogP contribution < -0.4 is 0 Å². The van der Waals surface area contributed by atoms with Crippen LogP contribution in [-0.2, 0) is 22.4 Å². The smallest absolute Gasteiger partial charge is 0.308 e. The third-order valence-corrected chi connectivity index (χ3v) is 5.37. The maximum absolute atomic E-state index is 11.2. The van der Waals surface area contributed by atoms with E-state index < -0.39 is 18.2 Å². The Bertz CT molecular complexity index is 904. The van der Waals surface area contributed by atoms with Gasteiger partial charge < -0.3 is 14.9 Å². The topological polar surface area (TPSA) is 79.7 Å². The van der Waals surface area contributed by atoms with E-state index in [9.17, 15) is 15.0 Å². The van der Waals surface area contributed by atoms with Gasteiger partial charge in [0.15, 0.2) is 0 Å². The minimum atomic E-state index is -0.938. The number of carbonyl (C=O) groups excluding carboxylic acids is 1. The molecule has 1 aromatic carbocycles. The van der Waals surface area contributed by atoms with Gasteiger partial charge in [-0.3, -0.25) is 9.78 Å². The second-order valence-corrected chi connectivity index (χ2v) is 7.38. The van der Waals surface area contributed by atoms with Crippen molar-refractivity contribution in [3.63, 3.8) is 0 Å². The molecule has 0 fully saturated rings. The van der Waals surface area contributed by atoms with Crippen LogP contribution in [0.25, 0.3) is 6.08 Å². The molecule has 5 nitrogen and oxygen atoms in total. The third kappa shape index (κ3) is 5.77. The summed E-state index contributed by atoms with van der Waals surface area (Å²) in [5.41, 5.74) is 8.15. The minimum absolute atomic E-state index is 0.0788. The quantitative estimate of drug-likeness (QED) is 0.601. The molecule has 2 unspecified atom stereocenters. The lowest BCUT2D eigenvalue weighted by Gasteiger charge is -2.23. The predicted octanol–water partition coefficient (Wildman–Crippen LogP) is 3.91. The number of ether oxygens (including phenoxy) is 1. The lowest BCUT2D eigenvalue weighted by atomic mass is 9.85. The zero-order chi connectivity index (χ0) is 22.3. The van der Waals surface area contributed by atoms with E-state index in [1.807, 2.05) is 26.8 Å². The van der Waals surface area contributed by atoms with Crippen LogP contribution in [-0.4, -0.2) is 40.5 Å². The highest BCUT2D eigenvalue weighted by atomic mass is 16.5. The van der Waals surface area contributed by atoms with E-state index in [2.05, 4.69) is 35.9 Å². The Kier molecular flexibility index (Phi) is 8.75. The number of methoxy groups -OCH3 is 1. The van der Waals surface area contributed by atoms with Gasteiger partial charge in [-0.25, -0.2) is 0 Å². The molecule has 1 aromatic heterocycles. The number of rotatable bonds is 6. The molecule has 1 aliphatic carbocycles. The molecule has 3 rings (SSSR count). The van der Waals surface area contributed by atoms with Gasteiger partial charge in [-0.1, -0.05) is 50.3 Å². The zero-order valence-corrected chi connectivity index (χ0v) is 18.6. The zero-order valence-electron chi connectivity index (χ0n) is 18.6. The van der Waals surface area contributed by atoms with Crippen LogP contribution >= 0.6 is 0 Å². The van der Waals surface area contributed by atoms with Gasteiger partial charge in [0.25, 0.3) is 0 Å². The highest BCUT2D eigenvalue weighted by Crippen LogP contribution is 2.31. The molecule has 162 valence electrons. The molecule has 0 saturated heterocycles. The van der Waals surface area contributed by atoms with Gasteiger partial charge in [0, 0.05) is 24.2 Å². The van der Waals surface area contributed by atoms with E-state index >= 15 is 0 Å². The molecule has 0 saturated carbocycles. The number of hydrogen-bond donors (Lipinski definition) is 2. The first-order valence-corrected chi connectivity index (χ1v) is 10.6. The fourth-order valence-corrected chi connectivity index (χ4v) is 3.80. The van der Waals surface area contributed by atoms with Crippen molar-refractivity contribution in [2.45, 2.75) is 65.6 Å². The number of pyridine rings is 1. The van der Waals surface area contributed by atoms with Gasteiger partial charge in [0.1, 0.15) is 0 Å². The fraction of sp³-hybridized carbons (Fsp3) is 0.440.